The third-order valence-corrected chi connectivity index (χ3v) is 6.49. The second-order valence-electron chi connectivity index (χ2n) is 5.43. The SMILES string of the molecule is CCCn1cc(S(=O)(=O)NC2CCCCC2SC)c(N)n1. The first-order valence-electron chi connectivity index (χ1n) is 7.36. The van der Waals surface area contributed by atoms with E-state index >= 15 is 0 Å². The lowest BCUT2D eigenvalue weighted by Gasteiger charge is -2.30. The van der Waals surface area contributed by atoms with Crippen molar-refractivity contribution in [2.24, 2.45) is 0 Å². The summed E-state index contributed by atoms with van der Waals surface area (Å²) < 4.78 is 29.5. The van der Waals surface area contributed by atoms with E-state index in [0.717, 1.165) is 25.7 Å². The highest BCUT2D eigenvalue weighted by molar-refractivity contribution is 7.99. The summed E-state index contributed by atoms with van der Waals surface area (Å²) in [5.74, 6) is 0.0764. The van der Waals surface area contributed by atoms with Crippen molar-refractivity contribution in [3.05, 3.63) is 6.20 Å². The van der Waals surface area contributed by atoms with E-state index in [0.29, 0.717) is 11.8 Å². The topological polar surface area (TPSA) is 90.0 Å². The molecule has 2 atom stereocenters. The van der Waals surface area contributed by atoms with Crippen LogP contribution >= 0.6 is 11.8 Å². The Kier molecular flexibility index (Phi) is 5.56. The molecule has 0 saturated heterocycles. The molecule has 120 valence electrons. The summed E-state index contributed by atoms with van der Waals surface area (Å²) in [6, 6.07) is -0.0207. The number of hydrogen-bond donors (Lipinski definition) is 2. The molecule has 21 heavy (non-hydrogen) atoms. The van der Waals surface area contributed by atoms with E-state index in [1.165, 1.54) is 12.6 Å². The molecule has 8 heteroatoms. The maximum Gasteiger partial charge on any atom is 0.246 e. The highest BCUT2D eigenvalue weighted by atomic mass is 32.2. The fourth-order valence-corrected chi connectivity index (χ4v) is 5.15. The minimum atomic E-state index is -3.60. The molecule has 0 radical (unpaired) electrons. The van der Waals surface area contributed by atoms with E-state index in [1.54, 1.807) is 16.4 Å². The molecule has 1 heterocycles. The second kappa shape index (κ2) is 7.02. The third kappa shape index (κ3) is 3.92. The fraction of sp³-hybridized carbons (Fsp3) is 0.769. The van der Waals surface area contributed by atoms with Gasteiger partial charge in [0.15, 0.2) is 5.82 Å². The van der Waals surface area contributed by atoms with Gasteiger partial charge in [0.25, 0.3) is 0 Å². The van der Waals surface area contributed by atoms with Crippen LogP contribution in [-0.4, -0.2) is 35.7 Å². The van der Waals surface area contributed by atoms with Gasteiger partial charge in [0.05, 0.1) is 0 Å². The maximum atomic E-state index is 12.5. The number of nitrogens with one attached hydrogen (secondary N) is 1. The third-order valence-electron chi connectivity index (χ3n) is 3.81. The fourth-order valence-electron chi connectivity index (χ4n) is 2.75. The summed E-state index contributed by atoms with van der Waals surface area (Å²) >= 11 is 1.73. The van der Waals surface area contributed by atoms with Gasteiger partial charge in [-0.05, 0) is 25.5 Å². The number of nitrogens with zero attached hydrogens (tertiary/aromatic N) is 2. The van der Waals surface area contributed by atoms with Crippen molar-refractivity contribution in [3.63, 3.8) is 0 Å². The van der Waals surface area contributed by atoms with Crippen molar-refractivity contribution < 1.29 is 8.42 Å². The Bertz CT molecular complexity index is 571. The number of anilines is 1. The van der Waals surface area contributed by atoms with Crippen LogP contribution in [0.25, 0.3) is 0 Å². The first-order chi connectivity index (χ1) is 9.97. The van der Waals surface area contributed by atoms with Crippen molar-refractivity contribution in [1.82, 2.24) is 14.5 Å². The lowest BCUT2D eigenvalue weighted by Crippen LogP contribution is -2.43. The zero-order chi connectivity index (χ0) is 15.5. The first-order valence-corrected chi connectivity index (χ1v) is 10.1. The van der Waals surface area contributed by atoms with Crippen molar-refractivity contribution in [3.8, 4) is 0 Å². The Morgan fingerprint density at radius 1 is 1.48 bits per heavy atom. The Hall–Kier alpha value is -0.730. The predicted molar refractivity (Wildman–Crippen MR) is 86.8 cm³/mol. The summed E-state index contributed by atoms with van der Waals surface area (Å²) in [6.07, 6.45) is 8.61. The van der Waals surface area contributed by atoms with Crippen LogP contribution in [0.1, 0.15) is 39.0 Å². The first kappa shape index (κ1) is 16.6. The molecule has 0 aromatic carbocycles. The minimum absolute atomic E-state index is 0.0207. The zero-order valence-corrected chi connectivity index (χ0v) is 14.2. The molecule has 2 unspecified atom stereocenters. The quantitative estimate of drug-likeness (QED) is 0.829. The van der Waals surface area contributed by atoms with Crippen LogP contribution in [-0.2, 0) is 16.6 Å². The van der Waals surface area contributed by atoms with E-state index < -0.39 is 10.0 Å². The van der Waals surface area contributed by atoms with Crippen LogP contribution in [0.2, 0.25) is 0 Å². The molecular weight excluding hydrogens is 308 g/mol. The molecule has 1 aliphatic carbocycles. The van der Waals surface area contributed by atoms with E-state index in [4.69, 9.17) is 5.73 Å². The molecule has 1 aliphatic rings. The average molecular weight is 332 g/mol. The Balaban J connectivity index is 2.17. The molecule has 0 spiro atoms. The molecular formula is C13H24N4O2S2. The molecule has 1 aromatic heterocycles. The number of hydrogen-bond acceptors (Lipinski definition) is 5. The van der Waals surface area contributed by atoms with Crippen molar-refractivity contribution in [2.45, 2.75) is 61.8 Å². The van der Waals surface area contributed by atoms with Crippen LogP contribution in [0.3, 0.4) is 0 Å². The van der Waals surface area contributed by atoms with E-state index in [-0.39, 0.29) is 16.8 Å². The Morgan fingerprint density at radius 2 is 2.19 bits per heavy atom. The van der Waals surface area contributed by atoms with Crippen LogP contribution in [0.5, 0.6) is 0 Å². The van der Waals surface area contributed by atoms with Gasteiger partial charge >= 0.3 is 0 Å². The summed E-state index contributed by atoms with van der Waals surface area (Å²) in [5, 5.41) is 4.40. The number of rotatable bonds is 6. The average Bonchev–Trinajstić information content (AvgIpc) is 2.81. The monoisotopic (exact) mass is 332 g/mol. The maximum absolute atomic E-state index is 12.5. The van der Waals surface area contributed by atoms with E-state index in [1.807, 2.05) is 13.2 Å². The minimum Gasteiger partial charge on any atom is -0.381 e. The Morgan fingerprint density at radius 3 is 2.86 bits per heavy atom. The predicted octanol–water partition coefficient (Wildman–Crippen LogP) is 1.83. The van der Waals surface area contributed by atoms with Gasteiger partial charge in [-0.2, -0.15) is 16.9 Å². The number of nitrogen functional groups attached to an aromatic ring is 1. The summed E-state index contributed by atoms with van der Waals surface area (Å²) in [5.41, 5.74) is 5.77. The summed E-state index contributed by atoms with van der Waals surface area (Å²) in [7, 11) is -3.60. The molecule has 2 rings (SSSR count). The molecule has 0 bridgehead atoms. The second-order valence-corrected chi connectivity index (χ2v) is 8.19. The van der Waals surface area contributed by atoms with Gasteiger partial charge in [-0.25, -0.2) is 13.1 Å². The number of aromatic nitrogens is 2. The summed E-state index contributed by atoms with van der Waals surface area (Å²) in [6.45, 7) is 2.67. The van der Waals surface area contributed by atoms with Crippen LogP contribution in [0, 0.1) is 0 Å². The number of nitrogens with two attached hydrogens (primary N) is 1. The highest BCUT2D eigenvalue weighted by Gasteiger charge is 2.30. The highest BCUT2D eigenvalue weighted by Crippen LogP contribution is 2.28. The summed E-state index contributed by atoms with van der Waals surface area (Å²) in [4.78, 5) is 0.0985. The molecule has 6 nitrogen and oxygen atoms in total. The largest absolute Gasteiger partial charge is 0.381 e. The standard InChI is InChI=1S/C13H24N4O2S2/c1-3-8-17-9-12(13(14)15-17)21(18,19)16-10-6-4-5-7-11(10)20-2/h9-11,16H,3-8H2,1-2H3,(H2,14,15). The van der Waals surface area contributed by atoms with E-state index in [9.17, 15) is 8.42 Å². The van der Waals surface area contributed by atoms with Gasteiger partial charge in [0, 0.05) is 24.0 Å². The van der Waals surface area contributed by atoms with E-state index in [2.05, 4.69) is 9.82 Å². The van der Waals surface area contributed by atoms with Gasteiger partial charge in [-0.15, -0.1) is 0 Å². The molecule has 1 aromatic rings. The number of aryl methyl sites for hydroxylation is 1. The normalized spacial score (nSPS) is 23.3. The molecule has 3 N–H and O–H groups in total. The lowest BCUT2D eigenvalue weighted by atomic mass is 9.96. The number of thioether (sulfide) groups is 1. The van der Waals surface area contributed by atoms with Gasteiger partial charge < -0.3 is 5.73 Å². The Labute approximate surface area is 130 Å². The molecule has 1 fully saturated rings. The lowest BCUT2D eigenvalue weighted by molar-refractivity contribution is 0.423. The van der Waals surface area contributed by atoms with Gasteiger partial charge in [0.1, 0.15) is 4.90 Å². The van der Waals surface area contributed by atoms with Gasteiger partial charge in [-0.1, -0.05) is 19.8 Å². The van der Waals surface area contributed by atoms with Crippen molar-refractivity contribution in [1.29, 1.82) is 0 Å². The van der Waals surface area contributed by atoms with Crippen LogP contribution in [0.4, 0.5) is 5.82 Å². The van der Waals surface area contributed by atoms with Crippen molar-refractivity contribution in [2.75, 3.05) is 12.0 Å². The molecule has 0 aliphatic heterocycles. The van der Waals surface area contributed by atoms with Crippen molar-refractivity contribution >= 4 is 27.6 Å². The van der Waals surface area contributed by atoms with Crippen LogP contribution in [0.15, 0.2) is 11.1 Å². The zero-order valence-electron chi connectivity index (χ0n) is 12.6. The number of sulfonamides is 1. The van der Waals surface area contributed by atoms with Gasteiger partial charge in [-0.3, -0.25) is 4.68 Å². The molecule has 0 amide bonds. The smallest absolute Gasteiger partial charge is 0.246 e. The van der Waals surface area contributed by atoms with Gasteiger partial charge in [0.2, 0.25) is 10.0 Å². The van der Waals surface area contributed by atoms with Crippen LogP contribution < -0.4 is 10.5 Å². The molecule has 1 saturated carbocycles.